The quantitative estimate of drug-likeness (QED) is 0.137. The molecule has 35 heavy (non-hydrogen) atoms. The maximum atomic E-state index is 6.06. The Morgan fingerprint density at radius 2 is 0.943 bits per heavy atom. The van der Waals surface area contributed by atoms with Crippen LogP contribution in [0.4, 0.5) is 11.4 Å². The van der Waals surface area contributed by atoms with Crippen LogP contribution in [-0.2, 0) is 30.5 Å². The molecule has 0 spiro atoms. The summed E-state index contributed by atoms with van der Waals surface area (Å²) in [6.07, 6.45) is 0. The van der Waals surface area contributed by atoms with Crippen LogP contribution in [0.25, 0.3) is 0 Å². The minimum absolute atomic E-state index is 0. The molecule has 4 nitrogen and oxygen atoms in total. The van der Waals surface area contributed by atoms with Gasteiger partial charge in [0, 0.05) is 21.1 Å². The van der Waals surface area contributed by atoms with Gasteiger partial charge in [-0.3, -0.25) is 0 Å². The summed E-state index contributed by atoms with van der Waals surface area (Å²) < 4.78 is 11.5. The minimum atomic E-state index is -1.13. The molecule has 0 amide bonds. The van der Waals surface area contributed by atoms with Crippen LogP contribution in [0.3, 0.4) is 0 Å². The second-order valence-corrected chi connectivity index (χ2v) is 10.6. The number of para-hydroxylation sites is 2. The summed E-state index contributed by atoms with van der Waals surface area (Å²) in [5, 5.41) is -1.13. The number of halogens is 2. The van der Waals surface area contributed by atoms with Crippen molar-refractivity contribution in [2.75, 3.05) is 7.11 Å². The number of nitrogens with zero attached hydrogens (tertiary/aromatic N) is 2. The third-order valence-corrected chi connectivity index (χ3v) is 5.87. The Kier molecular flexibility index (Phi) is 13.0. The third-order valence-electron chi connectivity index (χ3n) is 5.69. The number of ether oxygens (including phenoxy) is 2. The van der Waals surface area contributed by atoms with Crippen LogP contribution >= 0.6 is 23.2 Å². The van der Waals surface area contributed by atoms with Crippen LogP contribution in [0.15, 0.2) is 46.4 Å². The normalized spacial score (nSPS) is 12.7. The molecule has 0 fully saturated rings. The first kappa shape index (κ1) is 31.7. The number of hydrogen-bond donors (Lipinski definition) is 0. The van der Waals surface area contributed by atoms with Crippen molar-refractivity contribution in [2.45, 2.75) is 84.1 Å². The molecule has 2 aromatic rings. The van der Waals surface area contributed by atoms with Crippen molar-refractivity contribution >= 4 is 46.4 Å². The molecule has 0 heterocycles. The Bertz CT molecular complexity index is 979. The van der Waals surface area contributed by atoms with Gasteiger partial charge in [-0.1, -0.05) is 115 Å². The summed E-state index contributed by atoms with van der Waals surface area (Å²) in [6, 6.07) is 12.5. The number of rotatable bonds is 7. The zero-order valence-corrected chi connectivity index (χ0v) is 25.7. The fraction of sp³-hybridized carbons (Fsp3) is 0.500. The molecule has 0 bridgehead atoms. The van der Waals surface area contributed by atoms with Crippen molar-refractivity contribution < 1.29 is 30.5 Å². The first-order valence-electron chi connectivity index (χ1n) is 11.9. The van der Waals surface area contributed by atoms with E-state index in [1.807, 2.05) is 0 Å². The van der Waals surface area contributed by atoms with Crippen LogP contribution < -0.4 is 0 Å². The molecule has 0 aliphatic heterocycles. The van der Waals surface area contributed by atoms with Crippen molar-refractivity contribution in [1.29, 1.82) is 0 Å². The van der Waals surface area contributed by atoms with E-state index >= 15 is 0 Å². The summed E-state index contributed by atoms with van der Waals surface area (Å²) in [6.45, 7) is 17.2. The van der Waals surface area contributed by atoms with Crippen molar-refractivity contribution in [3.8, 4) is 0 Å². The number of aliphatic imine (C=N–C) groups is 2. The second-order valence-electron chi connectivity index (χ2n) is 9.61. The number of methoxy groups -OCH3 is 1. The molecule has 0 N–H and O–H groups in total. The van der Waals surface area contributed by atoms with Gasteiger partial charge in [-0.05, 0) is 45.9 Å². The van der Waals surface area contributed by atoms with Crippen molar-refractivity contribution in [1.82, 2.24) is 0 Å². The molecule has 192 valence electrons. The van der Waals surface area contributed by atoms with Gasteiger partial charge in [-0.15, -0.1) is 0 Å². The third kappa shape index (κ3) is 8.34. The molecule has 0 saturated carbocycles. The van der Waals surface area contributed by atoms with E-state index in [9.17, 15) is 0 Å². The average Bonchev–Trinajstić information content (AvgIpc) is 2.76. The summed E-state index contributed by atoms with van der Waals surface area (Å²) in [5.41, 5.74) is 6.16. The Morgan fingerprint density at radius 1 is 0.629 bits per heavy atom. The number of hydrogen-bond acceptors (Lipinski definition) is 4. The first-order valence-corrected chi connectivity index (χ1v) is 12.8. The molecule has 7 heteroatoms. The largest absolute Gasteiger partial charge is 0.477 e. The van der Waals surface area contributed by atoms with E-state index in [1.54, 1.807) is 7.11 Å². The van der Waals surface area contributed by atoms with Crippen LogP contribution in [0.1, 0.15) is 101 Å². The van der Waals surface area contributed by atoms with Crippen LogP contribution in [0, 0.1) is 0 Å². The maximum absolute atomic E-state index is 6.06. The average molecular weight is 601 g/mol. The summed E-state index contributed by atoms with van der Waals surface area (Å²) in [5.74, 6) is 1.47. The summed E-state index contributed by atoms with van der Waals surface area (Å²) in [4.78, 5) is 9.87. The van der Waals surface area contributed by atoms with E-state index in [-0.39, 0.29) is 56.5 Å². The van der Waals surface area contributed by atoms with Gasteiger partial charge in [-0.2, -0.15) is 0 Å². The standard InChI is InChI=1S/C28H38Cl2N2O2.Mo/c1-16(2)20-12-10-13-21(17(3)4)24(20)31-26(33-9)27(34-28(29)30)32-25-22(18(5)6)14-11-15-23(25)19(7)8;/h10-19,28H,1-9H3;. The minimum Gasteiger partial charge on any atom is -0.477 e. The van der Waals surface area contributed by atoms with Gasteiger partial charge < -0.3 is 9.47 Å². The fourth-order valence-corrected chi connectivity index (χ4v) is 4.04. The topological polar surface area (TPSA) is 43.2 Å². The zero-order chi connectivity index (χ0) is 25.6. The van der Waals surface area contributed by atoms with Crippen molar-refractivity contribution in [2.24, 2.45) is 9.98 Å². The van der Waals surface area contributed by atoms with E-state index in [2.05, 4.69) is 91.8 Å². The Balaban J connectivity index is 0.00000612. The smallest absolute Gasteiger partial charge is 0.281 e. The summed E-state index contributed by atoms with van der Waals surface area (Å²) in [7, 11) is 1.56. The zero-order valence-electron chi connectivity index (χ0n) is 22.2. The predicted octanol–water partition coefficient (Wildman–Crippen LogP) is 9.36. The van der Waals surface area contributed by atoms with Crippen molar-refractivity contribution in [3.63, 3.8) is 0 Å². The molecule has 0 atom stereocenters. The molecule has 0 saturated heterocycles. The van der Waals surface area contributed by atoms with E-state index in [4.69, 9.17) is 42.7 Å². The maximum Gasteiger partial charge on any atom is 0.281 e. The summed E-state index contributed by atoms with van der Waals surface area (Å²) >= 11 is 12.1. The van der Waals surface area contributed by atoms with Gasteiger partial charge in [0.2, 0.25) is 5.02 Å². The Morgan fingerprint density at radius 3 is 1.20 bits per heavy atom. The van der Waals surface area contributed by atoms with Gasteiger partial charge in [0.15, 0.2) is 0 Å². The molecular weight excluding hydrogens is 563 g/mol. The van der Waals surface area contributed by atoms with Gasteiger partial charge in [0.05, 0.1) is 18.5 Å². The number of alkyl halides is 2. The predicted molar refractivity (Wildman–Crippen MR) is 147 cm³/mol. The van der Waals surface area contributed by atoms with E-state index < -0.39 is 5.02 Å². The molecule has 0 aliphatic rings. The SMILES string of the molecule is COC(=Nc1c(C(C)C)cccc1C(C)C)C(=Nc1c(C(C)C)cccc1C(C)C)OC(Cl)Cl.[Mo]. The van der Waals surface area contributed by atoms with Crippen LogP contribution in [0.2, 0.25) is 0 Å². The molecule has 0 radical (unpaired) electrons. The first-order chi connectivity index (χ1) is 16.0. The fourth-order valence-electron chi connectivity index (χ4n) is 3.87. The molecule has 0 aromatic heterocycles. The van der Waals surface area contributed by atoms with E-state index in [0.29, 0.717) is 0 Å². The monoisotopic (exact) mass is 602 g/mol. The number of benzene rings is 2. The molecule has 0 unspecified atom stereocenters. The molecule has 0 aliphatic carbocycles. The van der Waals surface area contributed by atoms with Gasteiger partial charge >= 0.3 is 0 Å². The van der Waals surface area contributed by atoms with Gasteiger partial charge in [-0.25, -0.2) is 9.98 Å². The van der Waals surface area contributed by atoms with Gasteiger partial charge in [0.1, 0.15) is 0 Å². The van der Waals surface area contributed by atoms with Crippen LogP contribution in [-0.4, -0.2) is 23.9 Å². The van der Waals surface area contributed by atoms with Gasteiger partial charge in [0.25, 0.3) is 11.8 Å². The van der Waals surface area contributed by atoms with E-state index in [0.717, 1.165) is 33.6 Å². The molecular formula is C28H38Cl2MoN2O2. The van der Waals surface area contributed by atoms with Crippen LogP contribution in [0.5, 0.6) is 0 Å². The van der Waals surface area contributed by atoms with E-state index in [1.165, 1.54) is 0 Å². The second kappa shape index (κ2) is 14.4. The van der Waals surface area contributed by atoms with Crippen molar-refractivity contribution in [3.05, 3.63) is 58.7 Å². The molecule has 2 aromatic carbocycles. The Labute approximate surface area is 235 Å². The Hall–Kier alpha value is -1.35. The molecule has 2 rings (SSSR count).